The average molecular weight is 333 g/mol. The summed E-state index contributed by atoms with van der Waals surface area (Å²) in [6.07, 6.45) is 8.27. The van der Waals surface area contributed by atoms with Gasteiger partial charge in [0.15, 0.2) is 6.23 Å². The maximum Gasteiger partial charge on any atom is 0.150 e. The van der Waals surface area contributed by atoms with Crippen molar-refractivity contribution >= 4 is 26.8 Å². The zero-order valence-corrected chi connectivity index (χ0v) is 12.9. The molecule has 1 saturated heterocycles. The van der Waals surface area contributed by atoms with Crippen LogP contribution in [0.3, 0.4) is 0 Å². The molecule has 0 bridgehead atoms. The molecule has 1 aliphatic heterocycles. The van der Waals surface area contributed by atoms with Gasteiger partial charge in [0.25, 0.3) is 0 Å². The van der Waals surface area contributed by atoms with Crippen LogP contribution in [0.25, 0.3) is 10.9 Å². The van der Waals surface area contributed by atoms with Gasteiger partial charge in [-0.3, -0.25) is 0 Å². The molecule has 2 aromatic rings. The Morgan fingerprint density at radius 2 is 2.30 bits per heavy atom. The molecule has 3 atom stereocenters. The molecule has 1 aromatic heterocycles. The lowest BCUT2D eigenvalue weighted by molar-refractivity contribution is -0.0366. The second kappa shape index (κ2) is 4.08. The average Bonchev–Trinajstić information content (AvgIpc) is 2.95. The third-order valence-electron chi connectivity index (χ3n) is 5.17. The van der Waals surface area contributed by atoms with Gasteiger partial charge in [-0.1, -0.05) is 0 Å². The number of aromatic nitrogens is 2. The highest BCUT2D eigenvalue weighted by Gasteiger charge is 2.46. The van der Waals surface area contributed by atoms with Gasteiger partial charge < -0.3 is 4.74 Å². The third kappa shape index (κ3) is 1.52. The lowest BCUT2D eigenvalue weighted by atomic mass is 10.0. The molecule has 0 amide bonds. The molecule has 20 heavy (non-hydrogen) atoms. The van der Waals surface area contributed by atoms with E-state index < -0.39 is 0 Å². The van der Waals surface area contributed by atoms with E-state index in [1.165, 1.54) is 46.6 Å². The minimum atomic E-state index is 0.127. The van der Waals surface area contributed by atoms with Crippen molar-refractivity contribution in [1.29, 1.82) is 0 Å². The summed E-state index contributed by atoms with van der Waals surface area (Å²) in [6, 6.07) is 2.37. The second-order valence-electron chi connectivity index (χ2n) is 6.41. The van der Waals surface area contributed by atoms with Crippen LogP contribution in [0.5, 0.6) is 0 Å². The van der Waals surface area contributed by atoms with Crippen molar-refractivity contribution in [2.45, 2.75) is 44.2 Å². The monoisotopic (exact) mass is 332 g/mol. The SMILES string of the molecule is Brc1c2c(cc3c1cnn3C1CCCCO1)CC1CC21. The van der Waals surface area contributed by atoms with E-state index in [1.54, 1.807) is 5.56 Å². The first kappa shape index (κ1) is 11.8. The van der Waals surface area contributed by atoms with E-state index in [2.05, 4.69) is 31.8 Å². The summed E-state index contributed by atoms with van der Waals surface area (Å²) in [5.41, 5.74) is 4.33. The van der Waals surface area contributed by atoms with Gasteiger partial charge in [0.05, 0.1) is 11.7 Å². The Bertz CT molecular complexity index is 702. The molecular formula is C16H17BrN2O. The van der Waals surface area contributed by atoms with Crippen molar-refractivity contribution in [2.75, 3.05) is 6.61 Å². The Balaban J connectivity index is 1.68. The van der Waals surface area contributed by atoms with Crippen molar-refractivity contribution in [2.24, 2.45) is 5.92 Å². The topological polar surface area (TPSA) is 27.1 Å². The Morgan fingerprint density at radius 3 is 3.15 bits per heavy atom. The number of hydrogen-bond acceptors (Lipinski definition) is 2. The van der Waals surface area contributed by atoms with Crippen LogP contribution < -0.4 is 0 Å². The number of hydrogen-bond donors (Lipinski definition) is 0. The standard InChI is InChI=1S/C16H17BrN2O/c17-16-12-8-18-19(14-3-1-2-4-20-14)13(12)7-10-5-9-6-11(9)15(10)16/h7-9,11,14H,1-6H2. The molecule has 0 radical (unpaired) electrons. The molecule has 2 aliphatic carbocycles. The smallest absolute Gasteiger partial charge is 0.150 e. The maximum atomic E-state index is 5.90. The number of nitrogens with zero attached hydrogens (tertiary/aromatic N) is 2. The lowest BCUT2D eigenvalue weighted by Crippen LogP contribution is -2.19. The summed E-state index contributed by atoms with van der Waals surface area (Å²) in [7, 11) is 0. The molecule has 3 unspecified atom stereocenters. The van der Waals surface area contributed by atoms with Crippen LogP contribution in [0, 0.1) is 5.92 Å². The van der Waals surface area contributed by atoms with Crippen molar-refractivity contribution in [3.05, 3.63) is 27.9 Å². The first-order valence-corrected chi connectivity index (χ1v) is 8.42. The Hall–Kier alpha value is -0.870. The minimum absolute atomic E-state index is 0.127. The van der Waals surface area contributed by atoms with Crippen LogP contribution in [0.4, 0.5) is 0 Å². The molecule has 3 nitrogen and oxygen atoms in total. The van der Waals surface area contributed by atoms with Gasteiger partial charge in [0.1, 0.15) is 0 Å². The molecule has 1 saturated carbocycles. The zero-order valence-electron chi connectivity index (χ0n) is 11.3. The van der Waals surface area contributed by atoms with E-state index in [0.717, 1.165) is 24.9 Å². The van der Waals surface area contributed by atoms with E-state index in [4.69, 9.17) is 4.74 Å². The van der Waals surface area contributed by atoms with Gasteiger partial charge in [0, 0.05) is 16.5 Å². The lowest BCUT2D eigenvalue weighted by Gasteiger charge is -2.23. The van der Waals surface area contributed by atoms with E-state index in [-0.39, 0.29) is 6.23 Å². The first-order valence-electron chi connectivity index (χ1n) is 7.63. The molecule has 2 fully saturated rings. The van der Waals surface area contributed by atoms with Crippen LogP contribution in [0.1, 0.15) is 49.0 Å². The normalized spacial score (nSPS) is 31.4. The van der Waals surface area contributed by atoms with Crippen molar-refractivity contribution < 1.29 is 4.74 Å². The Kier molecular flexibility index (Phi) is 2.40. The summed E-state index contributed by atoms with van der Waals surface area (Å²) in [5, 5.41) is 5.88. The van der Waals surface area contributed by atoms with Crippen LogP contribution in [0.2, 0.25) is 0 Å². The van der Waals surface area contributed by atoms with Gasteiger partial charge in [-0.05, 0) is 77.1 Å². The molecule has 2 heterocycles. The van der Waals surface area contributed by atoms with Gasteiger partial charge in [-0.15, -0.1) is 0 Å². The van der Waals surface area contributed by atoms with E-state index >= 15 is 0 Å². The van der Waals surface area contributed by atoms with Crippen LogP contribution in [-0.2, 0) is 11.2 Å². The molecule has 1 aromatic carbocycles. The van der Waals surface area contributed by atoms with E-state index in [0.29, 0.717) is 0 Å². The molecule has 5 rings (SSSR count). The predicted octanol–water partition coefficient (Wildman–Crippen LogP) is 4.16. The summed E-state index contributed by atoms with van der Waals surface area (Å²) < 4.78 is 9.29. The Labute approximate surface area is 126 Å². The fourth-order valence-electron chi connectivity index (χ4n) is 4.04. The highest BCUT2D eigenvalue weighted by molar-refractivity contribution is 9.10. The van der Waals surface area contributed by atoms with Crippen molar-refractivity contribution in [3.63, 3.8) is 0 Å². The number of halogens is 1. The first-order chi connectivity index (χ1) is 9.83. The largest absolute Gasteiger partial charge is 0.356 e. The predicted molar refractivity (Wildman–Crippen MR) is 80.8 cm³/mol. The van der Waals surface area contributed by atoms with Gasteiger partial charge >= 0.3 is 0 Å². The molecular weight excluding hydrogens is 316 g/mol. The van der Waals surface area contributed by atoms with Crippen LogP contribution >= 0.6 is 15.9 Å². The van der Waals surface area contributed by atoms with Crippen LogP contribution in [0.15, 0.2) is 16.7 Å². The summed E-state index contributed by atoms with van der Waals surface area (Å²) in [4.78, 5) is 0. The molecule has 0 N–H and O–H groups in total. The van der Waals surface area contributed by atoms with Gasteiger partial charge in [0.2, 0.25) is 0 Å². The van der Waals surface area contributed by atoms with Crippen molar-refractivity contribution in [1.82, 2.24) is 9.78 Å². The Morgan fingerprint density at radius 1 is 1.35 bits per heavy atom. The highest BCUT2D eigenvalue weighted by Crippen LogP contribution is 2.59. The highest BCUT2D eigenvalue weighted by atomic mass is 79.9. The van der Waals surface area contributed by atoms with Gasteiger partial charge in [-0.25, -0.2) is 4.68 Å². The molecule has 104 valence electrons. The zero-order chi connectivity index (χ0) is 13.3. The molecule has 0 spiro atoms. The quantitative estimate of drug-likeness (QED) is 0.784. The fourth-order valence-corrected chi connectivity index (χ4v) is 4.89. The van der Waals surface area contributed by atoms with E-state index in [9.17, 15) is 0 Å². The van der Waals surface area contributed by atoms with E-state index in [1.807, 2.05) is 6.20 Å². The summed E-state index contributed by atoms with van der Waals surface area (Å²) in [6.45, 7) is 0.863. The minimum Gasteiger partial charge on any atom is -0.356 e. The number of rotatable bonds is 1. The van der Waals surface area contributed by atoms with Crippen molar-refractivity contribution in [3.8, 4) is 0 Å². The van der Waals surface area contributed by atoms with Gasteiger partial charge in [-0.2, -0.15) is 5.10 Å². The van der Waals surface area contributed by atoms with Crippen LogP contribution in [-0.4, -0.2) is 16.4 Å². The number of benzene rings is 1. The summed E-state index contributed by atoms with van der Waals surface area (Å²) >= 11 is 3.84. The number of ether oxygens (including phenoxy) is 1. The number of fused-ring (bicyclic) bond motifs is 4. The second-order valence-corrected chi connectivity index (χ2v) is 7.21. The molecule has 3 aliphatic rings. The fraction of sp³-hybridized carbons (Fsp3) is 0.562. The summed E-state index contributed by atoms with van der Waals surface area (Å²) in [5.74, 6) is 1.73. The maximum absolute atomic E-state index is 5.90. The molecule has 4 heteroatoms. The third-order valence-corrected chi connectivity index (χ3v) is 6.02.